The topological polar surface area (TPSA) is 54.0 Å². The number of alkyl halides is 3. The minimum absolute atomic E-state index is 0.158. The molecule has 3 aromatic carbocycles. The summed E-state index contributed by atoms with van der Waals surface area (Å²) < 4.78 is 60.2. The highest BCUT2D eigenvalue weighted by Crippen LogP contribution is 2.42. The van der Waals surface area contributed by atoms with Gasteiger partial charge in [0.1, 0.15) is 23.9 Å². The largest absolute Gasteiger partial charge is 0.492 e. The number of rotatable bonds is 9. The zero-order chi connectivity index (χ0) is 25.5. The number of benzene rings is 3. The zero-order valence-corrected chi connectivity index (χ0v) is 20.4. The molecule has 190 valence electrons. The van der Waals surface area contributed by atoms with Gasteiger partial charge in [0.2, 0.25) is 0 Å². The molecular formula is C27H25F3O5S. The second-order valence-corrected chi connectivity index (χ2v) is 9.12. The lowest BCUT2D eigenvalue weighted by atomic mass is 10.1. The highest BCUT2D eigenvalue weighted by atomic mass is 32.2. The summed E-state index contributed by atoms with van der Waals surface area (Å²) in [5, 5.41) is 0. The van der Waals surface area contributed by atoms with Gasteiger partial charge in [0.25, 0.3) is 0 Å². The van der Waals surface area contributed by atoms with Crippen molar-refractivity contribution >= 4 is 17.7 Å². The predicted molar refractivity (Wildman–Crippen MR) is 130 cm³/mol. The first-order valence-corrected chi connectivity index (χ1v) is 12.3. The Morgan fingerprint density at radius 2 is 1.83 bits per heavy atom. The molecule has 0 saturated carbocycles. The van der Waals surface area contributed by atoms with E-state index in [-0.39, 0.29) is 13.2 Å². The van der Waals surface area contributed by atoms with Crippen LogP contribution in [0.1, 0.15) is 28.7 Å². The van der Waals surface area contributed by atoms with Gasteiger partial charge in [-0.3, -0.25) is 0 Å². The van der Waals surface area contributed by atoms with E-state index in [2.05, 4.69) is 4.74 Å². The molecule has 0 atom stereocenters. The first-order valence-electron chi connectivity index (χ1n) is 11.3. The molecule has 1 aliphatic rings. The van der Waals surface area contributed by atoms with Crippen molar-refractivity contribution in [3.63, 3.8) is 0 Å². The summed E-state index contributed by atoms with van der Waals surface area (Å²) in [5.74, 6) is 2.26. The van der Waals surface area contributed by atoms with E-state index in [9.17, 15) is 18.0 Å². The lowest BCUT2D eigenvalue weighted by molar-refractivity contribution is -0.143. The van der Waals surface area contributed by atoms with E-state index in [0.717, 1.165) is 46.7 Å². The van der Waals surface area contributed by atoms with E-state index in [1.807, 2.05) is 36.4 Å². The minimum Gasteiger partial charge on any atom is -0.492 e. The van der Waals surface area contributed by atoms with Gasteiger partial charge in [0, 0.05) is 11.3 Å². The van der Waals surface area contributed by atoms with Crippen LogP contribution in [0.3, 0.4) is 0 Å². The number of carbonyl (C=O) groups is 1. The van der Waals surface area contributed by atoms with Crippen molar-refractivity contribution in [1.29, 1.82) is 0 Å². The molecule has 9 heteroatoms. The highest BCUT2D eigenvalue weighted by molar-refractivity contribution is 7.98. The standard InChI is InChI=1S/C27H25F3O5S/c1-32-25(31)16-35-23-11-12-24(26-22(23)6-3-13-33-26)36-17-19-4-2-5-21(14-19)34-15-18-7-9-20(10-8-18)27(28,29)30/h2,4-5,7-12,14H,3,6,13,15-17H2,1H3. The molecule has 4 rings (SSSR count). The van der Waals surface area contributed by atoms with Gasteiger partial charge in [-0.05, 0) is 60.4 Å². The summed E-state index contributed by atoms with van der Waals surface area (Å²) >= 11 is 1.62. The Morgan fingerprint density at radius 3 is 2.58 bits per heavy atom. The zero-order valence-electron chi connectivity index (χ0n) is 19.6. The van der Waals surface area contributed by atoms with E-state index in [0.29, 0.717) is 29.4 Å². The first kappa shape index (κ1) is 25.8. The molecule has 5 nitrogen and oxygen atoms in total. The van der Waals surface area contributed by atoms with Crippen LogP contribution in [0, 0.1) is 0 Å². The molecule has 3 aromatic rings. The number of methoxy groups -OCH3 is 1. The van der Waals surface area contributed by atoms with Gasteiger partial charge >= 0.3 is 12.1 Å². The average Bonchev–Trinajstić information content (AvgIpc) is 2.89. The van der Waals surface area contributed by atoms with E-state index in [1.165, 1.54) is 19.2 Å². The molecule has 0 unspecified atom stereocenters. The lowest BCUT2D eigenvalue weighted by Gasteiger charge is -2.23. The Kier molecular flexibility index (Phi) is 8.30. The van der Waals surface area contributed by atoms with Crippen molar-refractivity contribution in [2.75, 3.05) is 20.3 Å². The fourth-order valence-corrected chi connectivity index (χ4v) is 4.67. The maximum absolute atomic E-state index is 12.7. The van der Waals surface area contributed by atoms with Crippen LogP contribution in [0.2, 0.25) is 0 Å². The molecule has 0 aliphatic carbocycles. The number of fused-ring (bicyclic) bond motifs is 1. The number of carbonyl (C=O) groups excluding carboxylic acids is 1. The number of ether oxygens (including phenoxy) is 4. The Hall–Kier alpha value is -3.33. The van der Waals surface area contributed by atoms with E-state index < -0.39 is 17.7 Å². The third-order valence-corrected chi connectivity index (χ3v) is 6.66. The van der Waals surface area contributed by atoms with Crippen molar-refractivity contribution in [2.45, 2.75) is 36.3 Å². The maximum Gasteiger partial charge on any atom is 0.416 e. The van der Waals surface area contributed by atoms with Gasteiger partial charge in [0.15, 0.2) is 6.61 Å². The van der Waals surface area contributed by atoms with Gasteiger partial charge in [-0.1, -0.05) is 24.3 Å². The predicted octanol–water partition coefficient (Wildman–Crippen LogP) is 6.45. The third kappa shape index (κ3) is 6.66. The average molecular weight is 519 g/mol. The molecule has 0 spiro atoms. The second kappa shape index (κ2) is 11.6. The monoisotopic (exact) mass is 518 g/mol. The Morgan fingerprint density at radius 1 is 1.03 bits per heavy atom. The molecular weight excluding hydrogens is 493 g/mol. The summed E-state index contributed by atoms with van der Waals surface area (Å²) in [7, 11) is 1.32. The fourth-order valence-electron chi connectivity index (χ4n) is 3.69. The lowest BCUT2D eigenvalue weighted by Crippen LogP contribution is -2.15. The van der Waals surface area contributed by atoms with Crippen LogP contribution in [0.4, 0.5) is 13.2 Å². The van der Waals surface area contributed by atoms with Crippen molar-refractivity contribution in [1.82, 2.24) is 0 Å². The number of halogens is 3. The van der Waals surface area contributed by atoms with Gasteiger partial charge < -0.3 is 18.9 Å². The number of hydrogen-bond donors (Lipinski definition) is 0. The summed E-state index contributed by atoms with van der Waals surface area (Å²) in [5.41, 5.74) is 1.95. The van der Waals surface area contributed by atoms with Crippen LogP contribution in [0.15, 0.2) is 65.6 Å². The van der Waals surface area contributed by atoms with Gasteiger partial charge in [0.05, 0.1) is 24.2 Å². The van der Waals surface area contributed by atoms with Crippen molar-refractivity contribution in [3.05, 3.63) is 82.9 Å². The molecule has 36 heavy (non-hydrogen) atoms. The quantitative estimate of drug-likeness (QED) is 0.240. The summed E-state index contributed by atoms with van der Waals surface area (Å²) in [4.78, 5) is 12.4. The molecule has 0 aromatic heterocycles. The molecule has 0 fully saturated rings. The maximum atomic E-state index is 12.7. The van der Waals surface area contributed by atoms with Crippen LogP contribution < -0.4 is 14.2 Å². The second-order valence-electron chi connectivity index (χ2n) is 8.11. The fraction of sp³-hybridized carbons (Fsp3) is 0.296. The molecule has 0 radical (unpaired) electrons. The molecule has 0 saturated heterocycles. The van der Waals surface area contributed by atoms with Crippen molar-refractivity contribution in [3.8, 4) is 17.2 Å². The summed E-state index contributed by atoms with van der Waals surface area (Å²) in [6.45, 7) is 0.631. The van der Waals surface area contributed by atoms with E-state index in [4.69, 9.17) is 14.2 Å². The Bertz CT molecular complexity index is 1200. The molecule has 0 N–H and O–H groups in total. The van der Waals surface area contributed by atoms with Crippen LogP contribution in [0.25, 0.3) is 0 Å². The molecule has 1 heterocycles. The number of hydrogen-bond acceptors (Lipinski definition) is 6. The minimum atomic E-state index is -4.36. The van der Waals surface area contributed by atoms with Crippen LogP contribution in [-0.4, -0.2) is 26.3 Å². The summed E-state index contributed by atoms with van der Waals surface area (Å²) in [6.07, 6.45) is -2.69. The van der Waals surface area contributed by atoms with Crippen LogP contribution in [-0.2, 0) is 34.5 Å². The Balaban J connectivity index is 1.38. The number of esters is 1. The van der Waals surface area contributed by atoms with Gasteiger partial charge in [-0.2, -0.15) is 13.2 Å². The van der Waals surface area contributed by atoms with E-state index in [1.54, 1.807) is 11.8 Å². The summed E-state index contributed by atoms with van der Waals surface area (Å²) in [6, 6.07) is 16.3. The van der Waals surface area contributed by atoms with Crippen molar-refractivity contribution in [2.24, 2.45) is 0 Å². The smallest absolute Gasteiger partial charge is 0.416 e. The van der Waals surface area contributed by atoms with Crippen LogP contribution >= 0.6 is 11.8 Å². The normalized spacial score (nSPS) is 12.9. The van der Waals surface area contributed by atoms with Gasteiger partial charge in [-0.15, -0.1) is 11.8 Å². The highest BCUT2D eigenvalue weighted by Gasteiger charge is 2.30. The Labute approximate surface area is 211 Å². The van der Waals surface area contributed by atoms with Crippen molar-refractivity contribution < 1.29 is 36.9 Å². The van der Waals surface area contributed by atoms with E-state index >= 15 is 0 Å². The molecule has 0 bridgehead atoms. The van der Waals surface area contributed by atoms with Gasteiger partial charge in [-0.25, -0.2) is 4.79 Å². The van der Waals surface area contributed by atoms with Crippen LogP contribution in [0.5, 0.6) is 17.2 Å². The third-order valence-electron chi connectivity index (χ3n) is 5.55. The number of thioether (sulfide) groups is 1. The molecule has 1 aliphatic heterocycles. The molecule has 0 amide bonds. The first-order chi connectivity index (χ1) is 17.3. The SMILES string of the molecule is COC(=O)COc1ccc(SCc2cccc(OCc3ccc(C(F)(F)F)cc3)c2)c2c1CCCO2.